The van der Waals surface area contributed by atoms with E-state index in [1.165, 1.54) is 12.3 Å². The highest BCUT2D eigenvalue weighted by atomic mass is 16.5. The van der Waals surface area contributed by atoms with E-state index in [1.807, 2.05) is 19.0 Å². The number of likely N-dealkylation sites (N-methyl/N-ethyl adjacent to an activating group) is 1. The number of rotatable bonds is 6. The number of aromatic carboxylic acids is 1. The number of anilines is 1. The van der Waals surface area contributed by atoms with Gasteiger partial charge >= 0.3 is 5.97 Å². The fraction of sp³-hybridized carbons (Fsp3) is 0.615. The Bertz CT molecular complexity index is 483. The second kappa shape index (κ2) is 7.30. The molecular formula is C13H21N5O3. The van der Waals surface area contributed by atoms with Gasteiger partial charge < -0.3 is 19.6 Å². The second-order valence-electron chi connectivity index (χ2n) is 5.11. The van der Waals surface area contributed by atoms with Crippen LogP contribution in [0.3, 0.4) is 0 Å². The van der Waals surface area contributed by atoms with Crippen LogP contribution in [0.1, 0.15) is 10.5 Å². The number of ether oxygens (including phenoxy) is 1. The van der Waals surface area contributed by atoms with E-state index in [0.717, 1.165) is 13.1 Å². The van der Waals surface area contributed by atoms with Gasteiger partial charge in [-0.3, -0.25) is 5.32 Å². The van der Waals surface area contributed by atoms with Crippen molar-refractivity contribution in [2.75, 3.05) is 51.8 Å². The first kappa shape index (κ1) is 15.6. The van der Waals surface area contributed by atoms with Gasteiger partial charge in [0.2, 0.25) is 5.95 Å². The summed E-state index contributed by atoms with van der Waals surface area (Å²) in [5.41, 5.74) is 0.00334. The van der Waals surface area contributed by atoms with Crippen molar-refractivity contribution in [2.24, 2.45) is 0 Å². The highest BCUT2D eigenvalue weighted by Crippen LogP contribution is 2.12. The zero-order valence-corrected chi connectivity index (χ0v) is 12.3. The maximum absolute atomic E-state index is 11.0. The number of nitrogens with one attached hydrogen (secondary N) is 1. The van der Waals surface area contributed by atoms with Gasteiger partial charge in [0.25, 0.3) is 0 Å². The molecule has 1 atom stereocenters. The first-order chi connectivity index (χ1) is 10.1. The standard InChI is InChI=1S/C13H21N5O3/c1-17(2)6-5-14-11-9-18(7-8-21-11)13-15-4-3-10(16-13)12(19)20/h3-4,11,14H,5-9H2,1-2H3,(H,19,20). The molecule has 116 valence electrons. The number of hydrogen-bond acceptors (Lipinski definition) is 7. The molecule has 1 unspecified atom stereocenters. The molecule has 2 rings (SSSR count). The van der Waals surface area contributed by atoms with Crippen LogP contribution < -0.4 is 10.2 Å². The van der Waals surface area contributed by atoms with Gasteiger partial charge in [-0.05, 0) is 20.2 Å². The third kappa shape index (κ3) is 4.62. The highest BCUT2D eigenvalue weighted by molar-refractivity contribution is 5.85. The molecule has 1 aliphatic rings. The molecule has 1 aliphatic heterocycles. The van der Waals surface area contributed by atoms with Crippen molar-refractivity contribution < 1.29 is 14.6 Å². The molecule has 0 bridgehead atoms. The van der Waals surface area contributed by atoms with E-state index in [0.29, 0.717) is 25.6 Å². The monoisotopic (exact) mass is 295 g/mol. The molecule has 8 nitrogen and oxygen atoms in total. The maximum Gasteiger partial charge on any atom is 0.354 e. The minimum atomic E-state index is -1.05. The quantitative estimate of drug-likeness (QED) is 0.725. The van der Waals surface area contributed by atoms with Crippen molar-refractivity contribution in [3.05, 3.63) is 18.0 Å². The molecule has 2 heterocycles. The summed E-state index contributed by atoms with van der Waals surface area (Å²) in [5, 5.41) is 12.3. The lowest BCUT2D eigenvalue weighted by molar-refractivity contribution is 0.0170. The van der Waals surface area contributed by atoms with Gasteiger partial charge in [-0.1, -0.05) is 0 Å². The van der Waals surface area contributed by atoms with Gasteiger partial charge in [-0.15, -0.1) is 0 Å². The summed E-state index contributed by atoms with van der Waals surface area (Å²) in [6, 6.07) is 1.39. The van der Waals surface area contributed by atoms with Gasteiger partial charge in [-0.2, -0.15) is 0 Å². The molecule has 2 N–H and O–H groups in total. The first-order valence-electron chi connectivity index (χ1n) is 6.87. The third-order valence-corrected chi connectivity index (χ3v) is 3.14. The van der Waals surface area contributed by atoms with Crippen LogP contribution in [0.4, 0.5) is 5.95 Å². The lowest BCUT2D eigenvalue weighted by Gasteiger charge is -2.33. The van der Waals surface area contributed by atoms with Crippen LogP contribution >= 0.6 is 0 Å². The molecular weight excluding hydrogens is 274 g/mol. The lowest BCUT2D eigenvalue weighted by Crippen LogP contribution is -2.51. The van der Waals surface area contributed by atoms with Crippen LogP contribution in [0.2, 0.25) is 0 Å². The normalized spacial score (nSPS) is 19.0. The van der Waals surface area contributed by atoms with E-state index in [-0.39, 0.29) is 11.9 Å². The summed E-state index contributed by atoms with van der Waals surface area (Å²) in [5.74, 6) is -0.620. The Labute approximate surface area is 123 Å². The Hall–Kier alpha value is -1.77. The van der Waals surface area contributed by atoms with E-state index in [1.54, 1.807) is 0 Å². The van der Waals surface area contributed by atoms with Gasteiger partial charge in [0.1, 0.15) is 6.23 Å². The van der Waals surface area contributed by atoms with Gasteiger partial charge in [0, 0.05) is 25.8 Å². The van der Waals surface area contributed by atoms with E-state index in [4.69, 9.17) is 9.84 Å². The van der Waals surface area contributed by atoms with Crippen molar-refractivity contribution in [1.29, 1.82) is 0 Å². The molecule has 0 aliphatic carbocycles. The van der Waals surface area contributed by atoms with Crippen molar-refractivity contribution >= 4 is 11.9 Å². The molecule has 0 saturated carbocycles. The van der Waals surface area contributed by atoms with Crippen LogP contribution in [0.5, 0.6) is 0 Å². The van der Waals surface area contributed by atoms with Crippen molar-refractivity contribution in [3.8, 4) is 0 Å². The SMILES string of the molecule is CN(C)CCNC1CN(c2nccc(C(=O)O)n2)CCO1. The van der Waals surface area contributed by atoms with Crippen LogP contribution in [0.15, 0.2) is 12.3 Å². The Morgan fingerprint density at radius 3 is 3.14 bits per heavy atom. The van der Waals surface area contributed by atoms with Crippen LogP contribution in [0.25, 0.3) is 0 Å². The topological polar surface area (TPSA) is 90.8 Å². The fourth-order valence-electron chi connectivity index (χ4n) is 2.02. The summed E-state index contributed by atoms with van der Waals surface area (Å²) in [6.07, 6.45) is 1.37. The van der Waals surface area contributed by atoms with Gasteiger partial charge in [0.05, 0.1) is 13.2 Å². The average molecular weight is 295 g/mol. The molecule has 1 saturated heterocycles. The zero-order chi connectivity index (χ0) is 15.2. The molecule has 0 radical (unpaired) electrons. The number of carboxylic acid groups (broad SMARTS) is 1. The maximum atomic E-state index is 11.0. The van der Waals surface area contributed by atoms with E-state index >= 15 is 0 Å². The highest BCUT2D eigenvalue weighted by Gasteiger charge is 2.22. The largest absolute Gasteiger partial charge is 0.477 e. The average Bonchev–Trinajstić information content (AvgIpc) is 2.47. The molecule has 0 amide bonds. The van der Waals surface area contributed by atoms with Crippen molar-refractivity contribution in [2.45, 2.75) is 6.23 Å². The second-order valence-corrected chi connectivity index (χ2v) is 5.11. The first-order valence-corrected chi connectivity index (χ1v) is 6.87. The van der Waals surface area contributed by atoms with Gasteiger partial charge in [0.15, 0.2) is 5.69 Å². The van der Waals surface area contributed by atoms with Crippen LogP contribution in [-0.2, 0) is 4.74 Å². The number of aromatic nitrogens is 2. The number of hydrogen-bond donors (Lipinski definition) is 2. The van der Waals surface area contributed by atoms with E-state index in [2.05, 4.69) is 20.2 Å². The number of nitrogens with zero attached hydrogens (tertiary/aromatic N) is 4. The summed E-state index contributed by atoms with van der Waals surface area (Å²) >= 11 is 0. The summed E-state index contributed by atoms with van der Waals surface area (Å²) in [4.78, 5) is 23.2. The summed E-state index contributed by atoms with van der Waals surface area (Å²) in [7, 11) is 4.03. The fourth-order valence-corrected chi connectivity index (χ4v) is 2.02. The van der Waals surface area contributed by atoms with Gasteiger partial charge in [-0.25, -0.2) is 14.8 Å². The molecule has 1 fully saturated rings. The molecule has 1 aromatic heterocycles. The van der Waals surface area contributed by atoms with Crippen molar-refractivity contribution in [1.82, 2.24) is 20.2 Å². The Morgan fingerprint density at radius 2 is 2.43 bits per heavy atom. The van der Waals surface area contributed by atoms with Crippen LogP contribution in [-0.4, -0.2) is 79.1 Å². The Morgan fingerprint density at radius 1 is 1.62 bits per heavy atom. The van der Waals surface area contributed by atoms with Crippen molar-refractivity contribution in [3.63, 3.8) is 0 Å². The Kier molecular flexibility index (Phi) is 5.43. The van der Waals surface area contributed by atoms with E-state index < -0.39 is 5.97 Å². The smallest absolute Gasteiger partial charge is 0.354 e. The zero-order valence-electron chi connectivity index (χ0n) is 12.3. The predicted molar refractivity (Wildman–Crippen MR) is 77.5 cm³/mol. The number of morpholine rings is 1. The van der Waals surface area contributed by atoms with E-state index in [9.17, 15) is 4.79 Å². The summed E-state index contributed by atoms with van der Waals surface area (Å²) < 4.78 is 5.65. The molecule has 0 spiro atoms. The predicted octanol–water partition coefficient (Wildman–Crippen LogP) is -0.511. The molecule has 0 aromatic carbocycles. The number of carboxylic acids is 1. The number of carbonyl (C=O) groups is 1. The molecule has 21 heavy (non-hydrogen) atoms. The molecule has 8 heteroatoms. The Balaban J connectivity index is 1.94. The minimum Gasteiger partial charge on any atom is -0.477 e. The summed E-state index contributed by atoms with van der Waals surface area (Å²) in [6.45, 7) is 3.54. The molecule has 1 aromatic rings. The minimum absolute atomic E-state index is 0.00334. The third-order valence-electron chi connectivity index (χ3n) is 3.14. The van der Waals surface area contributed by atoms with Crippen LogP contribution in [0, 0.1) is 0 Å². The lowest BCUT2D eigenvalue weighted by atomic mass is 10.3.